The molecule has 0 N–H and O–H groups in total. The molecule has 1 aliphatic carbocycles. The van der Waals surface area contributed by atoms with Gasteiger partial charge in [-0.3, -0.25) is 9.80 Å². The summed E-state index contributed by atoms with van der Waals surface area (Å²) in [4.78, 5) is 5.27. The van der Waals surface area contributed by atoms with Gasteiger partial charge in [-0.25, -0.2) is 0 Å². The van der Waals surface area contributed by atoms with Crippen molar-refractivity contribution in [2.75, 3.05) is 39.3 Å². The molecule has 1 aliphatic heterocycles. The Morgan fingerprint density at radius 3 is 2.45 bits per heavy atom. The van der Waals surface area contributed by atoms with E-state index in [1.165, 1.54) is 45.4 Å². The molecule has 2 fully saturated rings. The topological polar surface area (TPSA) is 15.7 Å². The third-order valence-electron chi connectivity index (χ3n) is 5.29. The van der Waals surface area contributed by atoms with Crippen molar-refractivity contribution in [3.8, 4) is 5.75 Å². The summed E-state index contributed by atoms with van der Waals surface area (Å²) >= 11 is 0. The Morgan fingerprint density at radius 2 is 1.82 bits per heavy atom. The highest BCUT2D eigenvalue weighted by molar-refractivity contribution is 5.20. The van der Waals surface area contributed by atoms with E-state index in [0.29, 0.717) is 5.41 Å². The molecule has 1 heterocycles. The number of hydrogen-bond acceptors (Lipinski definition) is 3. The summed E-state index contributed by atoms with van der Waals surface area (Å²) in [6.07, 6.45) is 4.16. The van der Waals surface area contributed by atoms with Crippen molar-refractivity contribution in [2.24, 2.45) is 5.41 Å². The summed E-state index contributed by atoms with van der Waals surface area (Å²) in [5, 5.41) is 0. The van der Waals surface area contributed by atoms with Crippen molar-refractivity contribution in [1.29, 1.82) is 0 Å². The van der Waals surface area contributed by atoms with Crippen LogP contribution in [0.3, 0.4) is 0 Å². The maximum Gasteiger partial charge on any atom is 0.119 e. The van der Waals surface area contributed by atoms with Crippen molar-refractivity contribution in [1.82, 2.24) is 9.80 Å². The molecule has 1 unspecified atom stereocenters. The molecule has 22 heavy (non-hydrogen) atoms. The fourth-order valence-electron chi connectivity index (χ4n) is 3.87. The normalized spacial score (nSPS) is 26.2. The number of piperazine rings is 1. The highest BCUT2D eigenvalue weighted by Gasteiger charge is 2.35. The van der Waals surface area contributed by atoms with Crippen LogP contribution in [0, 0.1) is 5.41 Å². The highest BCUT2D eigenvalue weighted by atomic mass is 16.5. The van der Waals surface area contributed by atoms with Crippen molar-refractivity contribution in [3.05, 3.63) is 30.3 Å². The summed E-state index contributed by atoms with van der Waals surface area (Å²) < 4.78 is 5.81. The van der Waals surface area contributed by atoms with Crippen LogP contribution in [-0.4, -0.2) is 55.2 Å². The van der Waals surface area contributed by atoms with E-state index >= 15 is 0 Å². The number of ether oxygens (including phenoxy) is 1. The Bertz CT molecular complexity index is 452. The summed E-state index contributed by atoms with van der Waals surface area (Å²) in [5.41, 5.74) is 0.561. The number of nitrogens with zero attached hydrogens (tertiary/aromatic N) is 2. The lowest BCUT2D eigenvalue weighted by Crippen LogP contribution is -2.50. The predicted octanol–water partition coefficient (Wildman–Crippen LogP) is 3.26. The molecule has 0 spiro atoms. The molecule has 2 aliphatic rings. The molecule has 0 radical (unpaired) electrons. The standard InChI is InChI=1S/C19H30N2O/c1-19(2)9-8-17(16-19)21-12-10-20(11-13-21)14-15-22-18-6-4-3-5-7-18/h3-7,17H,8-16H2,1-2H3. The van der Waals surface area contributed by atoms with Crippen LogP contribution in [0.4, 0.5) is 0 Å². The Labute approximate surface area is 135 Å². The van der Waals surface area contributed by atoms with Gasteiger partial charge in [0.25, 0.3) is 0 Å². The third-order valence-corrected chi connectivity index (χ3v) is 5.29. The molecular weight excluding hydrogens is 272 g/mol. The van der Waals surface area contributed by atoms with E-state index in [-0.39, 0.29) is 0 Å². The first-order valence-corrected chi connectivity index (χ1v) is 8.77. The Hall–Kier alpha value is -1.06. The van der Waals surface area contributed by atoms with Crippen molar-refractivity contribution in [2.45, 2.75) is 39.2 Å². The number of rotatable bonds is 5. The van der Waals surface area contributed by atoms with Crippen LogP contribution < -0.4 is 4.74 Å². The van der Waals surface area contributed by atoms with Crippen LogP contribution in [0.5, 0.6) is 5.75 Å². The minimum Gasteiger partial charge on any atom is -0.492 e. The zero-order valence-electron chi connectivity index (χ0n) is 14.1. The van der Waals surface area contributed by atoms with E-state index in [4.69, 9.17) is 4.74 Å². The van der Waals surface area contributed by atoms with Crippen LogP contribution in [0.1, 0.15) is 33.1 Å². The molecule has 0 amide bonds. The van der Waals surface area contributed by atoms with Gasteiger partial charge in [-0.15, -0.1) is 0 Å². The van der Waals surface area contributed by atoms with Crippen molar-refractivity contribution < 1.29 is 4.74 Å². The first kappa shape index (κ1) is 15.8. The Kier molecular flexibility index (Phi) is 5.04. The zero-order valence-corrected chi connectivity index (χ0v) is 14.1. The monoisotopic (exact) mass is 302 g/mol. The molecule has 1 atom stereocenters. The maximum absolute atomic E-state index is 5.81. The van der Waals surface area contributed by atoms with Gasteiger partial charge >= 0.3 is 0 Å². The molecule has 1 saturated carbocycles. The third kappa shape index (κ3) is 4.23. The van der Waals surface area contributed by atoms with Crippen LogP contribution in [0.25, 0.3) is 0 Å². The summed E-state index contributed by atoms with van der Waals surface area (Å²) in [6, 6.07) is 11.0. The smallest absolute Gasteiger partial charge is 0.119 e. The second-order valence-corrected chi connectivity index (χ2v) is 7.60. The van der Waals surface area contributed by atoms with Gasteiger partial charge in [0, 0.05) is 38.8 Å². The van der Waals surface area contributed by atoms with E-state index in [9.17, 15) is 0 Å². The SMILES string of the molecule is CC1(C)CCC(N2CCN(CCOc3ccccc3)CC2)C1. The summed E-state index contributed by atoms with van der Waals surface area (Å²) in [5.74, 6) is 0.981. The van der Waals surface area contributed by atoms with Gasteiger partial charge in [0.15, 0.2) is 0 Å². The van der Waals surface area contributed by atoms with Gasteiger partial charge < -0.3 is 4.74 Å². The summed E-state index contributed by atoms with van der Waals surface area (Å²) in [7, 11) is 0. The average molecular weight is 302 g/mol. The molecule has 3 rings (SSSR count). The Morgan fingerprint density at radius 1 is 1.09 bits per heavy atom. The second kappa shape index (κ2) is 7.01. The van der Waals surface area contributed by atoms with E-state index in [1.807, 2.05) is 30.3 Å². The van der Waals surface area contributed by atoms with E-state index < -0.39 is 0 Å². The second-order valence-electron chi connectivity index (χ2n) is 7.60. The minimum absolute atomic E-state index is 0.561. The van der Waals surface area contributed by atoms with Gasteiger partial charge in [0.1, 0.15) is 12.4 Å². The van der Waals surface area contributed by atoms with Crippen molar-refractivity contribution >= 4 is 0 Å². The zero-order chi connectivity index (χ0) is 15.4. The molecule has 3 heteroatoms. The van der Waals surface area contributed by atoms with Crippen LogP contribution in [0.2, 0.25) is 0 Å². The largest absolute Gasteiger partial charge is 0.492 e. The van der Waals surface area contributed by atoms with E-state index in [2.05, 4.69) is 23.6 Å². The molecule has 1 saturated heterocycles. The molecule has 1 aromatic rings. The van der Waals surface area contributed by atoms with Crippen LogP contribution in [0.15, 0.2) is 30.3 Å². The van der Waals surface area contributed by atoms with Crippen LogP contribution >= 0.6 is 0 Å². The molecule has 3 nitrogen and oxygen atoms in total. The first-order valence-electron chi connectivity index (χ1n) is 8.77. The van der Waals surface area contributed by atoms with E-state index in [1.54, 1.807) is 0 Å². The fourth-order valence-corrected chi connectivity index (χ4v) is 3.87. The number of benzene rings is 1. The lowest BCUT2D eigenvalue weighted by Gasteiger charge is -2.38. The fraction of sp³-hybridized carbons (Fsp3) is 0.684. The van der Waals surface area contributed by atoms with Crippen molar-refractivity contribution in [3.63, 3.8) is 0 Å². The Balaban J connectivity index is 1.35. The predicted molar refractivity (Wildman–Crippen MR) is 91.4 cm³/mol. The van der Waals surface area contributed by atoms with Gasteiger partial charge in [0.05, 0.1) is 0 Å². The van der Waals surface area contributed by atoms with Crippen LogP contribution in [-0.2, 0) is 0 Å². The van der Waals surface area contributed by atoms with E-state index in [0.717, 1.165) is 24.9 Å². The molecule has 122 valence electrons. The summed E-state index contributed by atoms with van der Waals surface area (Å²) in [6.45, 7) is 11.5. The average Bonchev–Trinajstić information content (AvgIpc) is 2.89. The highest BCUT2D eigenvalue weighted by Crippen LogP contribution is 2.39. The van der Waals surface area contributed by atoms with Gasteiger partial charge in [-0.1, -0.05) is 32.0 Å². The first-order chi connectivity index (χ1) is 10.6. The molecule has 0 bridgehead atoms. The molecule has 1 aromatic carbocycles. The number of para-hydroxylation sites is 1. The quantitative estimate of drug-likeness (QED) is 0.830. The molecular formula is C19H30N2O. The lowest BCUT2D eigenvalue weighted by molar-refractivity contribution is 0.0845. The lowest BCUT2D eigenvalue weighted by atomic mass is 9.91. The minimum atomic E-state index is 0.561. The van der Waals surface area contributed by atoms with Gasteiger partial charge in [0.2, 0.25) is 0 Å². The maximum atomic E-state index is 5.81. The molecule has 0 aromatic heterocycles. The van der Waals surface area contributed by atoms with Gasteiger partial charge in [-0.05, 0) is 36.8 Å². The van der Waals surface area contributed by atoms with Gasteiger partial charge in [-0.2, -0.15) is 0 Å². The number of hydrogen-bond donors (Lipinski definition) is 0.